The van der Waals surface area contributed by atoms with E-state index in [1.165, 1.54) is 0 Å². The summed E-state index contributed by atoms with van der Waals surface area (Å²) in [6, 6.07) is 0.251. The Hall–Kier alpha value is -0.730. The molecular weight excluding hydrogens is 202 g/mol. The molecule has 0 bridgehead atoms. The molecule has 3 nitrogen and oxygen atoms in total. The summed E-state index contributed by atoms with van der Waals surface area (Å²) >= 11 is 0. The standard InChI is InChI=1S/C13H27NO2/c1-7-9-10-14(11(3)8-2)12(15)16-13(4,5)6/h11H,7-10H2,1-6H3. The average molecular weight is 229 g/mol. The molecule has 0 saturated heterocycles. The monoisotopic (exact) mass is 229 g/mol. The first-order chi connectivity index (χ1) is 7.31. The molecule has 0 saturated carbocycles. The fourth-order valence-corrected chi connectivity index (χ4v) is 1.36. The number of ether oxygens (including phenoxy) is 1. The second kappa shape index (κ2) is 6.77. The van der Waals surface area contributed by atoms with Gasteiger partial charge < -0.3 is 9.64 Å². The molecule has 0 heterocycles. The maximum atomic E-state index is 12.0. The highest BCUT2D eigenvalue weighted by Crippen LogP contribution is 2.14. The van der Waals surface area contributed by atoms with Crippen LogP contribution in [-0.2, 0) is 4.74 Å². The second-order valence-corrected chi connectivity index (χ2v) is 5.28. The largest absolute Gasteiger partial charge is 0.444 e. The Morgan fingerprint density at radius 3 is 2.25 bits per heavy atom. The molecule has 0 aliphatic rings. The molecule has 1 unspecified atom stereocenters. The minimum Gasteiger partial charge on any atom is -0.444 e. The van der Waals surface area contributed by atoms with Crippen LogP contribution in [0.4, 0.5) is 4.79 Å². The summed E-state index contributed by atoms with van der Waals surface area (Å²) in [6.45, 7) is 12.8. The van der Waals surface area contributed by atoms with Gasteiger partial charge in [-0.15, -0.1) is 0 Å². The summed E-state index contributed by atoms with van der Waals surface area (Å²) in [4.78, 5) is 13.8. The van der Waals surface area contributed by atoms with Crippen LogP contribution in [0.5, 0.6) is 0 Å². The van der Waals surface area contributed by atoms with Crippen molar-refractivity contribution in [3.8, 4) is 0 Å². The van der Waals surface area contributed by atoms with Gasteiger partial charge in [0, 0.05) is 12.6 Å². The molecule has 0 spiro atoms. The van der Waals surface area contributed by atoms with Crippen molar-refractivity contribution in [3.63, 3.8) is 0 Å². The fourth-order valence-electron chi connectivity index (χ4n) is 1.36. The zero-order valence-corrected chi connectivity index (χ0v) is 11.7. The van der Waals surface area contributed by atoms with Crippen LogP contribution in [0.1, 0.15) is 60.8 Å². The third kappa shape index (κ3) is 5.99. The van der Waals surface area contributed by atoms with Gasteiger partial charge in [0.2, 0.25) is 0 Å². The van der Waals surface area contributed by atoms with Crippen molar-refractivity contribution in [2.24, 2.45) is 0 Å². The van der Waals surface area contributed by atoms with Crippen LogP contribution in [0.25, 0.3) is 0 Å². The highest BCUT2D eigenvalue weighted by atomic mass is 16.6. The molecule has 0 aromatic rings. The number of nitrogens with zero attached hydrogens (tertiary/aromatic N) is 1. The Labute approximate surface area is 100 Å². The normalized spacial score (nSPS) is 13.4. The summed E-state index contributed by atoms with van der Waals surface area (Å²) in [5, 5.41) is 0. The van der Waals surface area contributed by atoms with Crippen LogP contribution >= 0.6 is 0 Å². The second-order valence-electron chi connectivity index (χ2n) is 5.28. The minimum absolute atomic E-state index is 0.185. The topological polar surface area (TPSA) is 29.5 Å². The number of carbonyl (C=O) groups excluding carboxylic acids is 1. The van der Waals surface area contributed by atoms with Gasteiger partial charge in [0.15, 0.2) is 0 Å². The number of carbonyl (C=O) groups is 1. The number of unbranched alkanes of at least 4 members (excludes halogenated alkanes) is 1. The van der Waals surface area contributed by atoms with Crippen molar-refractivity contribution < 1.29 is 9.53 Å². The molecule has 0 rings (SSSR count). The van der Waals surface area contributed by atoms with E-state index in [1.807, 2.05) is 25.7 Å². The SMILES string of the molecule is CCCCN(C(=O)OC(C)(C)C)C(C)CC. The van der Waals surface area contributed by atoms with E-state index in [0.29, 0.717) is 0 Å². The van der Waals surface area contributed by atoms with E-state index in [9.17, 15) is 4.79 Å². The van der Waals surface area contributed by atoms with Crippen LogP contribution < -0.4 is 0 Å². The van der Waals surface area contributed by atoms with E-state index in [1.54, 1.807) is 0 Å². The van der Waals surface area contributed by atoms with Gasteiger partial charge in [-0.25, -0.2) is 4.79 Å². The van der Waals surface area contributed by atoms with Crippen LogP contribution in [0, 0.1) is 0 Å². The van der Waals surface area contributed by atoms with Gasteiger partial charge in [0.1, 0.15) is 5.60 Å². The Morgan fingerprint density at radius 1 is 1.31 bits per heavy atom. The smallest absolute Gasteiger partial charge is 0.410 e. The molecule has 0 aliphatic carbocycles. The molecule has 0 radical (unpaired) electrons. The van der Waals surface area contributed by atoms with Gasteiger partial charge in [-0.3, -0.25) is 0 Å². The number of hydrogen-bond acceptors (Lipinski definition) is 2. The Bertz CT molecular complexity index is 208. The van der Waals surface area contributed by atoms with E-state index in [-0.39, 0.29) is 12.1 Å². The van der Waals surface area contributed by atoms with Crippen LogP contribution in [0.2, 0.25) is 0 Å². The first-order valence-corrected chi connectivity index (χ1v) is 6.31. The van der Waals surface area contributed by atoms with Crippen molar-refractivity contribution in [2.75, 3.05) is 6.54 Å². The lowest BCUT2D eigenvalue weighted by Crippen LogP contribution is -2.42. The third-order valence-corrected chi connectivity index (χ3v) is 2.50. The number of amides is 1. The Balaban J connectivity index is 4.43. The molecule has 96 valence electrons. The van der Waals surface area contributed by atoms with Crippen LogP contribution in [-0.4, -0.2) is 29.2 Å². The van der Waals surface area contributed by atoms with Crippen molar-refractivity contribution in [1.82, 2.24) is 4.90 Å². The van der Waals surface area contributed by atoms with E-state index < -0.39 is 5.60 Å². The predicted octanol–water partition coefficient (Wildman–Crippen LogP) is 3.82. The lowest BCUT2D eigenvalue weighted by molar-refractivity contribution is 0.0170. The van der Waals surface area contributed by atoms with E-state index >= 15 is 0 Å². The van der Waals surface area contributed by atoms with Gasteiger partial charge in [-0.2, -0.15) is 0 Å². The summed E-state index contributed by atoms with van der Waals surface area (Å²) in [5.74, 6) is 0. The third-order valence-electron chi connectivity index (χ3n) is 2.50. The fraction of sp³-hybridized carbons (Fsp3) is 0.923. The molecule has 0 aromatic carbocycles. The molecule has 16 heavy (non-hydrogen) atoms. The lowest BCUT2D eigenvalue weighted by atomic mass is 10.2. The van der Waals surface area contributed by atoms with Gasteiger partial charge in [-0.1, -0.05) is 20.3 Å². The van der Waals surface area contributed by atoms with Gasteiger partial charge in [-0.05, 0) is 40.5 Å². The average Bonchev–Trinajstić information content (AvgIpc) is 2.15. The molecule has 0 fully saturated rings. The summed E-state index contributed by atoms with van der Waals surface area (Å²) in [5.41, 5.74) is -0.408. The highest BCUT2D eigenvalue weighted by Gasteiger charge is 2.24. The first-order valence-electron chi connectivity index (χ1n) is 6.31. The molecular formula is C13H27NO2. The predicted molar refractivity (Wildman–Crippen MR) is 67.6 cm³/mol. The Morgan fingerprint density at radius 2 is 1.88 bits per heavy atom. The Kier molecular flexibility index (Phi) is 6.46. The molecule has 3 heteroatoms. The molecule has 0 aliphatic heterocycles. The first kappa shape index (κ1) is 15.3. The summed E-state index contributed by atoms with van der Waals surface area (Å²) in [7, 11) is 0. The molecule has 1 atom stereocenters. The van der Waals surface area contributed by atoms with Crippen molar-refractivity contribution in [3.05, 3.63) is 0 Å². The van der Waals surface area contributed by atoms with Gasteiger partial charge in [0.05, 0.1) is 0 Å². The van der Waals surface area contributed by atoms with Crippen molar-refractivity contribution >= 4 is 6.09 Å². The summed E-state index contributed by atoms with van der Waals surface area (Å²) in [6.07, 6.45) is 2.90. The zero-order chi connectivity index (χ0) is 12.8. The van der Waals surface area contributed by atoms with E-state index in [0.717, 1.165) is 25.8 Å². The van der Waals surface area contributed by atoms with Crippen molar-refractivity contribution in [2.45, 2.75) is 72.4 Å². The lowest BCUT2D eigenvalue weighted by Gasteiger charge is -2.31. The minimum atomic E-state index is -0.408. The van der Waals surface area contributed by atoms with Gasteiger partial charge in [0.25, 0.3) is 0 Å². The van der Waals surface area contributed by atoms with Crippen LogP contribution in [0.15, 0.2) is 0 Å². The quantitative estimate of drug-likeness (QED) is 0.717. The zero-order valence-electron chi connectivity index (χ0n) is 11.7. The van der Waals surface area contributed by atoms with Gasteiger partial charge >= 0.3 is 6.09 Å². The van der Waals surface area contributed by atoms with E-state index in [4.69, 9.17) is 4.74 Å². The number of rotatable bonds is 5. The molecule has 0 N–H and O–H groups in total. The number of hydrogen-bond donors (Lipinski definition) is 0. The summed E-state index contributed by atoms with van der Waals surface area (Å²) < 4.78 is 5.41. The van der Waals surface area contributed by atoms with Crippen molar-refractivity contribution in [1.29, 1.82) is 0 Å². The molecule has 1 amide bonds. The van der Waals surface area contributed by atoms with E-state index in [2.05, 4.69) is 20.8 Å². The highest BCUT2D eigenvalue weighted by molar-refractivity contribution is 5.68. The maximum absolute atomic E-state index is 12.0. The van der Waals surface area contributed by atoms with Crippen LogP contribution in [0.3, 0.4) is 0 Å². The molecule has 0 aromatic heterocycles. The maximum Gasteiger partial charge on any atom is 0.410 e.